The van der Waals surface area contributed by atoms with Gasteiger partial charge in [0.05, 0.1) is 0 Å². The van der Waals surface area contributed by atoms with Crippen LogP contribution in [0.5, 0.6) is 0 Å². The highest BCUT2D eigenvalue weighted by Crippen LogP contribution is 2.32. The number of hydrogen-bond donors (Lipinski definition) is 1. The Balaban J connectivity index is 1.62. The minimum Gasteiger partial charge on any atom is -0.335 e. The maximum Gasteiger partial charge on any atom is 0.317 e. The molecule has 19 heavy (non-hydrogen) atoms. The number of nitrogens with zero attached hydrogens (tertiary/aromatic N) is 1. The molecule has 0 spiro atoms. The van der Waals surface area contributed by atoms with Gasteiger partial charge in [-0.2, -0.15) is 0 Å². The van der Waals surface area contributed by atoms with E-state index in [9.17, 15) is 9.59 Å². The van der Waals surface area contributed by atoms with Crippen molar-refractivity contribution in [1.82, 2.24) is 10.2 Å². The molecule has 0 radical (unpaired) electrons. The van der Waals surface area contributed by atoms with E-state index in [0.717, 1.165) is 57.9 Å². The lowest BCUT2D eigenvalue weighted by Gasteiger charge is -2.35. The highest BCUT2D eigenvalue weighted by atomic mass is 16.2. The lowest BCUT2D eigenvalue weighted by atomic mass is 9.82. The fourth-order valence-electron chi connectivity index (χ4n) is 3.69. The van der Waals surface area contributed by atoms with Gasteiger partial charge in [-0.3, -0.25) is 4.79 Å². The standard InChI is InChI=1S/C15H24N2O2/c18-14-9-2-1-7-12(14)13-8-4-10-17(13)15(19)16-11-5-3-6-11/h11-13H,1-10H2,(H,16,19). The molecule has 0 aromatic rings. The molecule has 1 N–H and O–H groups in total. The third-order valence-electron chi connectivity index (χ3n) is 5.06. The normalized spacial score (nSPS) is 32.2. The van der Waals surface area contributed by atoms with E-state index in [2.05, 4.69) is 5.32 Å². The second-order valence-corrected chi connectivity index (χ2v) is 6.30. The van der Waals surface area contributed by atoms with E-state index in [1.54, 1.807) is 0 Å². The zero-order valence-electron chi connectivity index (χ0n) is 11.6. The zero-order valence-corrected chi connectivity index (χ0v) is 11.6. The summed E-state index contributed by atoms with van der Waals surface area (Å²) in [6.45, 7) is 0.826. The summed E-state index contributed by atoms with van der Waals surface area (Å²) in [4.78, 5) is 26.3. The Morgan fingerprint density at radius 3 is 2.58 bits per heavy atom. The Hall–Kier alpha value is -1.06. The molecule has 4 heteroatoms. The monoisotopic (exact) mass is 264 g/mol. The first-order chi connectivity index (χ1) is 9.25. The highest BCUT2D eigenvalue weighted by Gasteiger charge is 2.39. The summed E-state index contributed by atoms with van der Waals surface area (Å²) < 4.78 is 0. The summed E-state index contributed by atoms with van der Waals surface area (Å²) in [6, 6.07) is 0.634. The Morgan fingerprint density at radius 2 is 1.89 bits per heavy atom. The molecule has 3 rings (SSSR count). The van der Waals surface area contributed by atoms with Gasteiger partial charge >= 0.3 is 6.03 Å². The number of amides is 2. The number of ketones is 1. The third kappa shape index (κ3) is 2.63. The summed E-state index contributed by atoms with van der Waals surface area (Å²) in [7, 11) is 0. The molecule has 2 unspecified atom stereocenters. The molecule has 0 bridgehead atoms. The molecule has 106 valence electrons. The molecule has 2 atom stereocenters. The smallest absolute Gasteiger partial charge is 0.317 e. The third-order valence-corrected chi connectivity index (χ3v) is 5.06. The lowest BCUT2D eigenvalue weighted by Crippen LogP contribution is -2.51. The fraction of sp³-hybridized carbons (Fsp3) is 0.867. The molecule has 1 aliphatic heterocycles. The predicted molar refractivity (Wildman–Crippen MR) is 72.9 cm³/mol. The van der Waals surface area contributed by atoms with E-state index in [1.165, 1.54) is 6.42 Å². The van der Waals surface area contributed by atoms with Crippen molar-refractivity contribution in [3.05, 3.63) is 0 Å². The summed E-state index contributed by atoms with van der Waals surface area (Å²) >= 11 is 0. The van der Waals surface area contributed by atoms with Crippen LogP contribution in [0.4, 0.5) is 4.79 Å². The number of urea groups is 1. The van der Waals surface area contributed by atoms with Crippen molar-refractivity contribution in [2.45, 2.75) is 69.9 Å². The molecule has 2 aliphatic carbocycles. The van der Waals surface area contributed by atoms with Crippen LogP contribution in [0, 0.1) is 5.92 Å². The molecule has 0 aromatic heterocycles. The van der Waals surface area contributed by atoms with Crippen molar-refractivity contribution in [3.8, 4) is 0 Å². The van der Waals surface area contributed by atoms with Gasteiger partial charge < -0.3 is 10.2 Å². The molecular weight excluding hydrogens is 240 g/mol. The van der Waals surface area contributed by atoms with Crippen LogP contribution in [0.1, 0.15) is 57.8 Å². The van der Waals surface area contributed by atoms with Crippen LogP contribution in [-0.4, -0.2) is 35.3 Å². The molecule has 4 nitrogen and oxygen atoms in total. The first-order valence-electron chi connectivity index (χ1n) is 7.85. The lowest BCUT2D eigenvalue weighted by molar-refractivity contribution is -0.126. The molecular formula is C15H24N2O2. The summed E-state index contributed by atoms with van der Waals surface area (Å²) in [6.07, 6.45) is 9.41. The van der Waals surface area contributed by atoms with Crippen LogP contribution < -0.4 is 5.32 Å². The number of hydrogen-bond acceptors (Lipinski definition) is 2. The Kier molecular flexibility index (Phi) is 3.76. The van der Waals surface area contributed by atoms with Gasteiger partial charge in [-0.15, -0.1) is 0 Å². The van der Waals surface area contributed by atoms with Crippen LogP contribution in [0.15, 0.2) is 0 Å². The van der Waals surface area contributed by atoms with Gasteiger partial charge in [0.1, 0.15) is 5.78 Å². The summed E-state index contributed by atoms with van der Waals surface area (Å²) in [5.41, 5.74) is 0. The quantitative estimate of drug-likeness (QED) is 0.833. The van der Waals surface area contributed by atoms with E-state index in [0.29, 0.717) is 11.8 Å². The Morgan fingerprint density at radius 1 is 1.05 bits per heavy atom. The first-order valence-corrected chi connectivity index (χ1v) is 7.85. The number of nitrogens with one attached hydrogen (secondary N) is 1. The van der Waals surface area contributed by atoms with E-state index in [-0.39, 0.29) is 18.0 Å². The van der Waals surface area contributed by atoms with E-state index < -0.39 is 0 Å². The molecule has 2 amide bonds. The predicted octanol–water partition coefficient (Wildman–Crippen LogP) is 2.47. The molecule has 3 fully saturated rings. The number of Topliss-reactive ketones (excluding diaryl/α,β-unsaturated/α-hetero) is 1. The van der Waals surface area contributed by atoms with Crippen molar-refractivity contribution >= 4 is 11.8 Å². The molecule has 1 heterocycles. The van der Waals surface area contributed by atoms with E-state index in [4.69, 9.17) is 0 Å². The average Bonchev–Trinajstić information content (AvgIpc) is 2.83. The topological polar surface area (TPSA) is 49.4 Å². The molecule has 2 saturated carbocycles. The van der Waals surface area contributed by atoms with Crippen molar-refractivity contribution in [2.75, 3.05) is 6.54 Å². The van der Waals surface area contributed by atoms with Crippen molar-refractivity contribution < 1.29 is 9.59 Å². The molecule has 3 aliphatic rings. The van der Waals surface area contributed by atoms with Crippen LogP contribution >= 0.6 is 0 Å². The second kappa shape index (κ2) is 5.51. The van der Waals surface area contributed by atoms with Crippen molar-refractivity contribution in [2.24, 2.45) is 5.92 Å². The molecule has 0 aromatic carbocycles. The minimum atomic E-state index is 0.0746. The van der Waals surface area contributed by atoms with Crippen molar-refractivity contribution in [1.29, 1.82) is 0 Å². The molecule has 1 saturated heterocycles. The van der Waals surface area contributed by atoms with Gasteiger partial charge in [-0.25, -0.2) is 4.79 Å². The maximum absolute atomic E-state index is 12.3. The maximum atomic E-state index is 12.3. The first kappa shape index (κ1) is 12.9. The van der Waals surface area contributed by atoms with E-state index in [1.807, 2.05) is 4.90 Å². The van der Waals surface area contributed by atoms with Crippen LogP contribution in [0.2, 0.25) is 0 Å². The van der Waals surface area contributed by atoms with Gasteiger partial charge in [0, 0.05) is 31.0 Å². The summed E-state index contributed by atoms with van der Waals surface area (Å²) in [5.74, 6) is 0.503. The van der Waals surface area contributed by atoms with Crippen LogP contribution in [0.3, 0.4) is 0 Å². The van der Waals surface area contributed by atoms with Crippen LogP contribution in [0.25, 0.3) is 0 Å². The van der Waals surface area contributed by atoms with E-state index >= 15 is 0 Å². The van der Waals surface area contributed by atoms with Gasteiger partial charge in [0.2, 0.25) is 0 Å². The number of likely N-dealkylation sites (tertiary alicyclic amines) is 1. The highest BCUT2D eigenvalue weighted by molar-refractivity contribution is 5.83. The Labute approximate surface area is 114 Å². The SMILES string of the molecule is O=C1CCCCC1C1CCCN1C(=O)NC1CCC1. The van der Waals surface area contributed by atoms with Gasteiger partial charge in [-0.1, -0.05) is 6.42 Å². The van der Waals surface area contributed by atoms with Gasteiger partial charge in [-0.05, 0) is 44.9 Å². The van der Waals surface area contributed by atoms with Gasteiger partial charge in [0.25, 0.3) is 0 Å². The van der Waals surface area contributed by atoms with Gasteiger partial charge in [0.15, 0.2) is 0 Å². The van der Waals surface area contributed by atoms with Crippen molar-refractivity contribution in [3.63, 3.8) is 0 Å². The number of rotatable bonds is 2. The zero-order chi connectivity index (χ0) is 13.2. The largest absolute Gasteiger partial charge is 0.335 e. The number of carbonyl (C=O) groups is 2. The fourth-order valence-corrected chi connectivity index (χ4v) is 3.69. The summed E-state index contributed by atoms with van der Waals surface area (Å²) in [5, 5.41) is 3.12. The number of carbonyl (C=O) groups excluding carboxylic acids is 2. The second-order valence-electron chi connectivity index (χ2n) is 6.30. The minimum absolute atomic E-state index is 0.0746. The average molecular weight is 264 g/mol. The van der Waals surface area contributed by atoms with Crippen LogP contribution in [-0.2, 0) is 4.79 Å². The Bertz CT molecular complexity index is 365.